The zero-order valence-electron chi connectivity index (χ0n) is 15.7. The van der Waals surface area contributed by atoms with Gasteiger partial charge in [0.05, 0.1) is 5.25 Å². The first-order valence-electron chi connectivity index (χ1n) is 9.43. The predicted molar refractivity (Wildman–Crippen MR) is 101 cm³/mol. The molecule has 1 aliphatic carbocycles. The van der Waals surface area contributed by atoms with Crippen molar-refractivity contribution in [3.8, 4) is 0 Å². The van der Waals surface area contributed by atoms with E-state index in [4.69, 9.17) is 0 Å². The summed E-state index contributed by atoms with van der Waals surface area (Å²) in [5.74, 6) is 0.609. The molecule has 1 aliphatic heterocycles. The molecule has 2 N–H and O–H groups in total. The summed E-state index contributed by atoms with van der Waals surface area (Å²) in [7, 11) is 0. The van der Waals surface area contributed by atoms with Crippen LogP contribution in [0.4, 0.5) is 10.7 Å². The van der Waals surface area contributed by atoms with E-state index in [-0.39, 0.29) is 11.9 Å². The molecule has 2 fully saturated rings. The van der Waals surface area contributed by atoms with Crippen molar-refractivity contribution < 1.29 is 9.59 Å². The first kappa shape index (κ1) is 19.0. The fourth-order valence-corrected chi connectivity index (χ4v) is 3.95. The van der Waals surface area contributed by atoms with Gasteiger partial charge in [-0.25, -0.2) is 4.79 Å². The number of nitrogens with one attached hydrogen (secondary N) is 2. The van der Waals surface area contributed by atoms with Crippen LogP contribution < -0.4 is 15.5 Å². The van der Waals surface area contributed by atoms with Crippen LogP contribution >= 0.6 is 11.8 Å². The lowest BCUT2D eigenvalue weighted by molar-refractivity contribution is -0.119. The maximum atomic E-state index is 12.3. The Bertz CT molecular complexity index is 652. The lowest BCUT2D eigenvalue weighted by Crippen LogP contribution is -2.45. The van der Waals surface area contributed by atoms with Crippen LogP contribution in [0.15, 0.2) is 5.16 Å². The van der Waals surface area contributed by atoms with Crippen LogP contribution in [0.1, 0.15) is 58.9 Å². The SMILES string of the molecule is CC(C)NC(=O)NC(=O)[C@@H](C)Sc1nnc(N2CCCCC2)n1C1CC1. The first-order valence-corrected chi connectivity index (χ1v) is 10.3. The zero-order valence-corrected chi connectivity index (χ0v) is 16.5. The number of urea groups is 1. The van der Waals surface area contributed by atoms with Crippen LogP contribution in [-0.4, -0.2) is 51.1 Å². The molecule has 1 aromatic heterocycles. The van der Waals surface area contributed by atoms with E-state index in [9.17, 15) is 9.59 Å². The van der Waals surface area contributed by atoms with Gasteiger partial charge in [-0.15, -0.1) is 10.2 Å². The Labute approximate surface area is 158 Å². The van der Waals surface area contributed by atoms with Gasteiger partial charge < -0.3 is 10.2 Å². The van der Waals surface area contributed by atoms with Gasteiger partial charge in [0.2, 0.25) is 11.9 Å². The Balaban J connectivity index is 1.66. The number of imide groups is 1. The van der Waals surface area contributed by atoms with Crippen LogP contribution in [0.3, 0.4) is 0 Å². The number of rotatable bonds is 6. The Hall–Kier alpha value is -1.77. The van der Waals surface area contributed by atoms with Crippen LogP contribution in [0.25, 0.3) is 0 Å². The number of aromatic nitrogens is 3. The topological polar surface area (TPSA) is 92.2 Å². The highest BCUT2D eigenvalue weighted by Crippen LogP contribution is 2.41. The molecule has 0 unspecified atom stereocenters. The molecule has 9 heteroatoms. The minimum atomic E-state index is -0.463. The van der Waals surface area contributed by atoms with Gasteiger partial charge >= 0.3 is 6.03 Å². The van der Waals surface area contributed by atoms with Gasteiger partial charge in [0.15, 0.2) is 5.16 Å². The molecule has 26 heavy (non-hydrogen) atoms. The molecule has 2 aliphatic rings. The summed E-state index contributed by atoms with van der Waals surface area (Å²) >= 11 is 1.36. The average Bonchev–Trinajstić information content (AvgIpc) is 3.35. The summed E-state index contributed by atoms with van der Waals surface area (Å²) in [6, 6.07) is -0.0464. The van der Waals surface area contributed by atoms with Crippen LogP contribution in [-0.2, 0) is 4.79 Å². The highest BCUT2D eigenvalue weighted by molar-refractivity contribution is 8.00. The minimum absolute atomic E-state index is 0.0178. The molecule has 8 nitrogen and oxygen atoms in total. The normalized spacial score (nSPS) is 18.7. The quantitative estimate of drug-likeness (QED) is 0.736. The number of thioether (sulfide) groups is 1. The lowest BCUT2D eigenvalue weighted by atomic mass is 10.1. The van der Waals surface area contributed by atoms with Gasteiger partial charge in [0.25, 0.3) is 0 Å². The van der Waals surface area contributed by atoms with Gasteiger partial charge in [0, 0.05) is 25.2 Å². The number of carbonyl (C=O) groups is 2. The summed E-state index contributed by atoms with van der Waals surface area (Å²) in [5.41, 5.74) is 0. The third-order valence-electron chi connectivity index (χ3n) is 4.51. The Morgan fingerprint density at radius 1 is 1.12 bits per heavy atom. The zero-order chi connectivity index (χ0) is 18.7. The molecule has 0 radical (unpaired) electrons. The molecule has 3 rings (SSSR count). The van der Waals surface area contributed by atoms with Gasteiger partial charge in [-0.2, -0.15) is 0 Å². The minimum Gasteiger partial charge on any atom is -0.341 e. The van der Waals surface area contributed by atoms with E-state index in [0.29, 0.717) is 6.04 Å². The first-order chi connectivity index (χ1) is 12.5. The average molecular weight is 381 g/mol. The Morgan fingerprint density at radius 3 is 2.42 bits per heavy atom. The molecular weight excluding hydrogens is 352 g/mol. The molecular formula is C17H28N6O2S. The Kier molecular flexibility index (Phi) is 6.05. The number of amides is 3. The highest BCUT2D eigenvalue weighted by atomic mass is 32.2. The molecule has 1 saturated heterocycles. The molecule has 0 aromatic carbocycles. The third-order valence-corrected chi connectivity index (χ3v) is 5.56. The van der Waals surface area contributed by atoms with Crippen LogP contribution in [0, 0.1) is 0 Å². The second-order valence-corrected chi connectivity index (χ2v) is 8.62. The van der Waals surface area contributed by atoms with Crippen molar-refractivity contribution in [2.45, 2.75) is 75.4 Å². The summed E-state index contributed by atoms with van der Waals surface area (Å²) in [5, 5.41) is 14.2. The summed E-state index contributed by atoms with van der Waals surface area (Å²) < 4.78 is 2.19. The van der Waals surface area contributed by atoms with Crippen molar-refractivity contribution in [3.05, 3.63) is 0 Å². The molecule has 0 spiro atoms. The number of hydrogen-bond donors (Lipinski definition) is 2. The largest absolute Gasteiger partial charge is 0.341 e. The van der Waals surface area contributed by atoms with Crippen molar-refractivity contribution in [2.24, 2.45) is 0 Å². The molecule has 2 heterocycles. The van der Waals surface area contributed by atoms with Gasteiger partial charge in [-0.05, 0) is 52.9 Å². The molecule has 3 amide bonds. The van der Waals surface area contributed by atoms with Crippen molar-refractivity contribution in [2.75, 3.05) is 18.0 Å². The van der Waals surface area contributed by atoms with Crippen molar-refractivity contribution in [3.63, 3.8) is 0 Å². The van der Waals surface area contributed by atoms with Crippen LogP contribution in [0.2, 0.25) is 0 Å². The lowest BCUT2D eigenvalue weighted by Gasteiger charge is -2.28. The van der Waals surface area contributed by atoms with E-state index < -0.39 is 11.3 Å². The maximum Gasteiger partial charge on any atom is 0.321 e. The predicted octanol–water partition coefficient (Wildman–Crippen LogP) is 2.32. The van der Waals surface area contributed by atoms with E-state index in [1.807, 2.05) is 13.8 Å². The summed E-state index contributed by atoms with van der Waals surface area (Å²) in [4.78, 5) is 26.3. The molecule has 144 valence electrons. The van der Waals surface area contributed by atoms with E-state index in [1.165, 1.54) is 31.0 Å². The van der Waals surface area contributed by atoms with E-state index >= 15 is 0 Å². The fourth-order valence-electron chi connectivity index (χ4n) is 3.03. The van der Waals surface area contributed by atoms with Crippen molar-refractivity contribution >= 4 is 29.6 Å². The number of carbonyl (C=O) groups excluding carboxylic acids is 2. The van der Waals surface area contributed by atoms with Crippen molar-refractivity contribution in [1.29, 1.82) is 0 Å². The van der Waals surface area contributed by atoms with Gasteiger partial charge in [-0.1, -0.05) is 11.8 Å². The molecule has 0 bridgehead atoms. The molecule has 1 aromatic rings. The number of anilines is 1. The van der Waals surface area contributed by atoms with Gasteiger partial charge in [-0.3, -0.25) is 14.7 Å². The second-order valence-electron chi connectivity index (χ2n) is 7.31. The number of hydrogen-bond acceptors (Lipinski definition) is 6. The van der Waals surface area contributed by atoms with E-state index in [0.717, 1.165) is 37.0 Å². The van der Waals surface area contributed by atoms with Gasteiger partial charge in [0.1, 0.15) is 0 Å². The standard InChI is InChI=1S/C17H28N6O2S/c1-11(2)18-15(25)19-14(24)12(3)26-17-21-20-16(23(17)13-7-8-13)22-9-5-4-6-10-22/h11-13H,4-10H2,1-3H3,(H2,18,19,24,25)/t12-/m1/s1. The Morgan fingerprint density at radius 2 is 1.81 bits per heavy atom. The highest BCUT2D eigenvalue weighted by Gasteiger charge is 2.33. The summed E-state index contributed by atoms with van der Waals surface area (Å²) in [6.45, 7) is 7.52. The maximum absolute atomic E-state index is 12.3. The third kappa shape index (κ3) is 4.69. The second kappa shape index (κ2) is 8.28. The van der Waals surface area contributed by atoms with Crippen molar-refractivity contribution in [1.82, 2.24) is 25.4 Å². The van der Waals surface area contributed by atoms with E-state index in [2.05, 4.69) is 30.3 Å². The monoisotopic (exact) mass is 380 g/mol. The molecule has 1 saturated carbocycles. The summed E-state index contributed by atoms with van der Waals surface area (Å²) in [6.07, 6.45) is 5.90. The van der Waals surface area contributed by atoms with E-state index in [1.54, 1.807) is 6.92 Å². The number of piperidine rings is 1. The molecule has 1 atom stereocenters. The van der Waals surface area contributed by atoms with Crippen LogP contribution in [0.5, 0.6) is 0 Å². The number of nitrogens with zero attached hydrogens (tertiary/aromatic N) is 4. The smallest absolute Gasteiger partial charge is 0.321 e. The fraction of sp³-hybridized carbons (Fsp3) is 0.765.